The van der Waals surface area contributed by atoms with E-state index in [4.69, 9.17) is 11.1 Å². The van der Waals surface area contributed by atoms with Crippen molar-refractivity contribution >= 4 is 18.0 Å². The van der Waals surface area contributed by atoms with E-state index in [9.17, 15) is 0 Å². The standard InChI is InChI=1S/C6H9N5/c1-9-2-4-5(7)10-3-11-6(4)8/h2-3,9H,1H3,(H3,7,8,10,11). The molecule has 4 N–H and O–H groups in total. The Balaban J connectivity index is 2.96. The van der Waals surface area contributed by atoms with Gasteiger partial charge in [0.2, 0.25) is 0 Å². The summed E-state index contributed by atoms with van der Waals surface area (Å²) in [6.45, 7) is 0. The third-order valence-electron chi connectivity index (χ3n) is 1.20. The van der Waals surface area contributed by atoms with E-state index in [2.05, 4.69) is 15.3 Å². The lowest BCUT2D eigenvalue weighted by atomic mass is 10.2. The van der Waals surface area contributed by atoms with E-state index >= 15 is 0 Å². The molecule has 1 aliphatic rings. The minimum Gasteiger partial charge on any atom is -0.393 e. The van der Waals surface area contributed by atoms with Gasteiger partial charge in [0.25, 0.3) is 0 Å². The summed E-state index contributed by atoms with van der Waals surface area (Å²) >= 11 is 0. The molecule has 58 valence electrons. The van der Waals surface area contributed by atoms with E-state index in [1.165, 1.54) is 6.34 Å². The van der Waals surface area contributed by atoms with Gasteiger partial charge in [0, 0.05) is 13.2 Å². The Morgan fingerprint density at radius 1 is 1.73 bits per heavy atom. The average molecular weight is 151 g/mol. The van der Waals surface area contributed by atoms with Gasteiger partial charge in [-0.1, -0.05) is 0 Å². The first-order valence-electron chi connectivity index (χ1n) is 3.08. The monoisotopic (exact) mass is 151 g/mol. The van der Waals surface area contributed by atoms with Crippen molar-refractivity contribution in [1.29, 1.82) is 5.41 Å². The Morgan fingerprint density at radius 3 is 3.00 bits per heavy atom. The van der Waals surface area contributed by atoms with Crippen LogP contribution in [-0.2, 0) is 0 Å². The first kappa shape index (κ1) is 7.46. The Morgan fingerprint density at radius 2 is 2.45 bits per heavy atom. The minimum absolute atomic E-state index is 0.131. The third kappa shape index (κ3) is 1.43. The summed E-state index contributed by atoms with van der Waals surface area (Å²) in [6.07, 6.45) is 2.86. The minimum atomic E-state index is 0.131. The highest BCUT2D eigenvalue weighted by atomic mass is 15.0. The molecule has 0 saturated carbocycles. The summed E-state index contributed by atoms with van der Waals surface area (Å²) in [5, 5.41) is 10.1. The highest BCUT2D eigenvalue weighted by Crippen LogP contribution is 2.00. The molecule has 0 bridgehead atoms. The van der Waals surface area contributed by atoms with Gasteiger partial charge < -0.3 is 11.1 Å². The van der Waals surface area contributed by atoms with E-state index in [1.807, 2.05) is 0 Å². The van der Waals surface area contributed by atoms with Crippen molar-refractivity contribution in [2.75, 3.05) is 7.05 Å². The predicted octanol–water partition coefficient (Wildman–Crippen LogP) is -0.534. The molecule has 0 aromatic rings. The first-order chi connectivity index (χ1) is 5.25. The second-order valence-corrected chi connectivity index (χ2v) is 1.95. The maximum Gasteiger partial charge on any atom is 0.158 e. The van der Waals surface area contributed by atoms with Crippen LogP contribution in [0.3, 0.4) is 0 Å². The molecule has 5 nitrogen and oxygen atoms in total. The zero-order chi connectivity index (χ0) is 8.27. The van der Waals surface area contributed by atoms with Gasteiger partial charge in [0.1, 0.15) is 12.2 Å². The molecule has 1 rings (SSSR count). The molecular formula is C6H9N5. The Hall–Kier alpha value is -1.65. The molecule has 5 heteroatoms. The largest absolute Gasteiger partial charge is 0.393 e. The van der Waals surface area contributed by atoms with E-state index in [0.29, 0.717) is 11.4 Å². The van der Waals surface area contributed by atoms with Crippen molar-refractivity contribution in [3.63, 3.8) is 0 Å². The molecule has 0 aromatic carbocycles. The van der Waals surface area contributed by atoms with Crippen LogP contribution in [0.1, 0.15) is 0 Å². The normalized spacial score (nSPS) is 20.3. The highest BCUT2D eigenvalue weighted by molar-refractivity contribution is 6.26. The van der Waals surface area contributed by atoms with E-state index in [0.717, 1.165) is 0 Å². The summed E-state index contributed by atoms with van der Waals surface area (Å²) in [5.41, 5.74) is 5.99. The number of aliphatic imine (C=N–C) groups is 2. The summed E-state index contributed by atoms with van der Waals surface area (Å²) in [4.78, 5) is 7.40. The molecule has 11 heavy (non-hydrogen) atoms. The highest BCUT2D eigenvalue weighted by Gasteiger charge is 2.10. The van der Waals surface area contributed by atoms with Gasteiger partial charge in [-0.05, 0) is 0 Å². The fraction of sp³-hybridized carbons (Fsp3) is 0.167. The molecule has 0 amide bonds. The quantitative estimate of drug-likeness (QED) is 0.470. The molecule has 0 unspecified atom stereocenters. The lowest BCUT2D eigenvalue weighted by Crippen LogP contribution is -2.24. The summed E-state index contributed by atoms with van der Waals surface area (Å²) in [7, 11) is 1.73. The molecule has 0 fully saturated rings. The molecule has 0 saturated heterocycles. The zero-order valence-electron chi connectivity index (χ0n) is 6.13. The number of nitrogens with one attached hydrogen (secondary N) is 2. The molecule has 1 heterocycles. The van der Waals surface area contributed by atoms with Crippen molar-refractivity contribution in [2.45, 2.75) is 0 Å². The van der Waals surface area contributed by atoms with Crippen LogP contribution < -0.4 is 11.1 Å². The SMILES string of the molecule is CN/C=C1\C(=N)N=CN=C1N. The van der Waals surface area contributed by atoms with Crippen molar-refractivity contribution in [3.05, 3.63) is 11.8 Å². The van der Waals surface area contributed by atoms with Gasteiger partial charge in [-0.3, -0.25) is 5.41 Å². The fourth-order valence-electron chi connectivity index (χ4n) is 0.696. The van der Waals surface area contributed by atoms with Crippen LogP contribution in [-0.4, -0.2) is 25.1 Å². The number of nitrogens with two attached hydrogens (primary N) is 1. The molecular weight excluding hydrogens is 142 g/mol. The lowest BCUT2D eigenvalue weighted by molar-refractivity contribution is 1.09. The van der Waals surface area contributed by atoms with Crippen molar-refractivity contribution in [2.24, 2.45) is 15.7 Å². The molecule has 0 aliphatic carbocycles. The zero-order valence-corrected chi connectivity index (χ0v) is 6.13. The third-order valence-corrected chi connectivity index (χ3v) is 1.20. The molecule has 1 aliphatic heterocycles. The number of hydrogen-bond donors (Lipinski definition) is 3. The van der Waals surface area contributed by atoms with E-state index in [-0.39, 0.29) is 5.84 Å². The number of rotatable bonds is 1. The second kappa shape index (κ2) is 2.96. The van der Waals surface area contributed by atoms with Crippen molar-refractivity contribution in [3.8, 4) is 0 Å². The molecule has 0 atom stereocenters. The number of amidine groups is 2. The molecule has 0 aromatic heterocycles. The van der Waals surface area contributed by atoms with Crippen LogP contribution >= 0.6 is 0 Å². The van der Waals surface area contributed by atoms with Crippen LogP contribution in [0.5, 0.6) is 0 Å². The molecule has 0 radical (unpaired) electrons. The summed E-state index contributed by atoms with van der Waals surface area (Å²) in [5.74, 6) is 0.450. The van der Waals surface area contributed by atoms with Crippen LogP contribution in [0.2, 0.25) is 0 Å². The maximum absolute atomic E-state index is 7.31. The van der Waals surface area contributed by atoms with Crippen LogP contribution in [0, 0.1) is 5.41 Å². The van der Waals surface area contributed by atoms with E-state index in [1.54, 1.807) is 13.2 Å². The Labute approximate surface area is 64.2 Å². The van der Waals surface area contributed by atoms with Crippen LogP contribution in [0.4, 0.5) is 0 Å². The number of hydrogen-bond acceptors (Lipinski definition) is 4. The number of nitrogens with zero attached hydrogens (tertiary/aromatic N) is 2. The maximum atomic E-state index is 7.31. The van der Waals surface area contributed by atoms with Crippen molar-refractivity contribution in [1.82, 2.24) is 5.32 Å². The Bertz CT molecular complexity index is 260. The van der Waals surface area contributed by atoms with Gasteiger partial charge in [-0.2, -0.15) is 0 Å². The predicted molar refractivity (Wildman–Crippen MR) is 45.0 cm³/mol. The van der Waals surface area contributed by atoms with Gasteiger partial charge in [0.15, 0.2) is 5.84 Å². The molecule has 0 spiro atoms. The van der Waals surface area contributed by atoms with Gasteiger partial charge >= 0.3 is 0 Å². The Kier molecular flexibility index (Phi) is 2.00. The van der Waals surface area contributed by atoms with E-state index < -0.39 is 0 Å². The van der Waals surface area contributed by atoms with Crippen LogP contribution in [0.25, 0.3) is 0 Å². The topological polar surface area (TPSA) is 86.6 Å². The van der Waals surface area contributed by atoms with Gasteiger partial charge in [-0.15, -0.1) is 0 Å². The average Bonchev–Trinajstić information content (AvgIpc) is 1.97. The summed E-state index contributed by atoms with van der Waals surface area (Å²) in [6, 6.07) is 0. The van der Waals surface area contributed by atoms with Crippen molar-refractivity contribution < 1.29 is 0 Å². The lowest BCUT2D eigenvalue weighted by Gasteiger charge is -2.06. The first-order valence-corrected chi connectivity index (χ1v) is 3.08. The second-order valence-electron chi connectivity index (χ2n) is 1.95. The smallest absolute Gasteiger partial charge is 0.158 e. The fourth-order valence-corrected chi connectivity index (χ4v) is 0.696. The van der Waals surface area contributed by atoms with Crippen LogP contribution in [0.15, 0.2) is 21.8 Å². The van der Waals surface area contributed by atoms with Gasteiger partial charge in [0.05, 0.1) is 5.57 Å². The van der Waals surface area contributed by atoms with Gasteiger partial charge in [-0.25, -0.2) is 9.98 Å². The summed E-state index contributed by atoms with van der Waals surface area (Å²) < 4.78 is 0.